The van der Waals surface area contributed by atoms with Crippen LogP contribution in [0.1, 0.15) is 5.56 Å². The Morgan fingerprint density at radius 2 is 1.05 bits per heavy atom. The van der Waals surface area contributed by atoms with E-state index in [4.69, 9.17) is 4.89 Å². The molecule has 0 saturated heterocycles. The molecule has 0 atom stereocenters. The van der Waals surface area contributed by atoms with Crippen LogP contribution in [0.25, 0.3) is 0 Å². The van der Waals surface area contributed by atoms with Crippen molar-refractivity contribution in [2.45, 2.75) is 48.1 Å². The molecule has 38 heavy (non-hydrogen) atoms. The lowest BCUT2D eigenvalue weighted by molar-refractivity contribution is -0.444. The van der Waals surface area contributed by atoms with E-state index in [-0.39, 0.29) is 12.1 Å². The Labute approximate surface area is 198 Å². The van der Waals surface area contributed by atoms with Crippen LogP contribution in [0.5, 0.6) is 5.75 Å². The second-order valence-electron chi connectivity index (χ2n) is 7.06. The van der Waals surface area contributed by atoms with Crippen molar-refractivity contribution >= 4 is 7.94 Å². The Hall–Kier alpha value is -2.12. The van der Waals surface area contributed by atoms with E-state index in [1.54, 1.807) is 0 Å². The van der Waals surface area contributed by atoms with Gasteiger partial charge in [-0.3, -0.25) is 4.89 Å². The zero-order valence-corrected chi connectivity index (χ0v) is 18.0. The van der Waals surface area contributed by atoms with Crippen molar-refractivity contribution in [3.8, 4) is 5.75 Å². The summed E-state index contributed by atoms with van der Waals surface area (Å²) in [5, 5.41) is 0. The average Bonchev–Trinajstić information content (AvgIpc) is 2.71. The maximum absolute atomic E-state index is 13.8. The van der Waals surface area contributed by atoms with E-state index in [0.717, 1.165) is 0 Å². The third-order valence-electron chi connectivity index (χ3n) is 4.21. The van der Waals surface area contributed by atoms with Crippen LogP contribution < -0.4 is 14.5 Å². The maximum atomic E-state index is 13.8. The topological polar surface area (TPSA) is 75.6 Å². The van der Waals surface area contributed by atoms with Crippen molar-refractivity contribution in [3.63, 3.8) is 0 Å². The van der Waals surface area contributed by atoms with E-state index >= 15 is 0 Å². The van der Waals surface area contributed by atoms with Gasteiger partial charge in [-0.1, -0.05) is 12.1 Å². The highest BCUT2D eigenvalue weighted by Gasteiger charge is 2.92. The molecule has 0 aliphatic rings. The molecule has 0 unspecified atom stereocenters. The summed E-state index contributed by atoms with van der Waals surface area (Å²) >= 11 is 0. The van der Waals surface area contributed by atoms with Gasteiger partial charge >= 0.3 is 41.9 Å². The summed E-state index contributed by atoms with van der Waals surface area (Å²) in [6, 6.07) is 0.953. The second kappa shape index (κ2) is 9.81. The number of hydrogen-bond donors (Lipinski definition) is 1. The lowest BCUT2D eigenvalue weighted by Gasteiger charge is -2.40. The van der Waals surface area contributed by atoms with Gasteiger partial charge in [-0.05, 0) is 17.7 Å². The Kier molecular flexibility index (Phi) is 8.75. The predicted octanol–water partition coefficient (Wildman–Crippen LogP) is 5.52. The minimum absolute atomic E-state index is 0.0775. The summed E-state index contributed by atoms with van der Waals surface area (Å²) in [5.74, 6) is -53.0. The van der Waals surface area contributed by atoms with Crippen LogP contribution in [0.3, 0.4) is 0 Å². The minimum Gasteiger partial charge on any atom is -0.659 e. The number of ether oxygens (including phenoxy) is 1. The van der Waals surface area contributed by atoms with Gasteiger partial charge in [0.2, 0.25) is 11.7 Å². The zero-order chi connectivity index (χ0) is 30.6. The number of hydrogen-bond acceptors (Lipinski definition) is 4. The second-order valence-corrected chi connectivity index (χ2v) is 8.65. The van der Waals surface area contributed by atoms with Crippen LogP contribution >= 0.6 is 7.94 Å². The number of halogens is 17. The number of rotatable bonds is 10. The van der Waals surface area contributed by atoms with Crippen LogP contribution in [0.2, 0.25) is 0 Å². The summed E-state index contributed by atoms with van der Waals surface area (Å²) in [4.78, 5) is 30.0. The van der Waals surface area contributed by atoms with Gasteiger partial charge in [-0.25, -0.2) is 4.39 Å². The Morgan fingerprint density at radius 1 is 0.658 bits per heavy atom. The van der Waals surface area contributed by atoms with Crippen LogP contribution in [-0.4, -0.2) is 46.8 Å². The first kappa shape index (κ1) is 33.9. The van der Waals surface area contributed by atoms with Crippen LogP contribution in [-0.2, 0) is 6.16 Å². The molecule has 0 spiro atoms. The third kappa shape index (κ3) is 5.89. The van der Waals surface area contributed by atoms with Crippen molar-refractivity contribution in [1.29, 1.82) is 0 Å². The molecule has 1 N–H and O–H groups in total. The summed E-state index contributed by atoms with van der Waals surface area (Å²) in [5.41, 5.74) is -0.492. The number of benzene rings is 1. The molecular weight excluding hydrogens is 610 g/mol. The molecule has 220 valence electrons. The molecule has 0 fully saturated rings. The Bertz CT molecular complexity index is 1030. The van der Waals surface area contributed by atoms with E-state index in [9.17, 15) is 84.4 Å². The first-order chi connectivity index (χ1) is 16.5. The first-order valence-corrected chi connectivity index (χ1v) is 10.4. The van der Waals surface area contributed by atoms with E-state index < -0.39 is 79.0 Å². The van der Waals surface area contributed by atoms with Crippen LogP contribution in [0.4, 0.5) is 74.6 Å². The normalized spacial score (nSPS) is 15.9. The van der Waals surface area contributed by atoms with Crippen molar-refractivity contribution in [2.24, 2.45) is 0 Å². The van der Waals surface area contributed by atoms with Gasteiger partial charge in [0.05, 0.1) is 7.94 Å². The molecule has 0 aromatic heterocycles. The number of allylic oxidation sites excluding steroid dienone is 2. The molecule has 1 rings (SSSR count). The van der Waals surface area contributed by atoms with Gasteiger partial charge in [-0.2, -0.15) is 70.2 Å². The van der Waals surface area contributed by atoms with Gasteiger partial charge in [-0.15, -0.1) is 0 Å². The Morgan fingerprint density at radius 3 is 1.42 bits per heavy atom. The monoisotopic (exact) mass is 617 g/mol. The fourth-order valence-corrected chi connectivity index (χ4v) is 2.95. The van der Waals surface area contributed by atoms with Crippen molar-refractivity contribution in [3.05, 3.63) is 41.5 Å². The third-order valence-corrected chi connectivity index (χ3v) is 4.98. The highest BCUT2D eigenvalue weighted by molar-refractivity contribution is 7.54. The SMILES string of the molecule is [O-][P+]([O-])(O)Cc1ccc(OC(F)(F)C(F)(F)C(F)(F)C(F)(F)C(F)(F)C(F)(F)/C(F)=C(\F)C(F)(F)F)cc1. The lowest BCUT2D eigenvalue weighted by atomic mass is 9.93. The van der Waals surface area contributed by atoms with E-state index in [2.05, 4.69) is 4.74 Å². The van der Waals surface area contributed by atoms with Crippen LogP contribution in [0.15, 0.2) is 35.9 Å². The van der Waals surface area contributed by atoms with Crippen LogP contribution in [0, 0.1) is 0 Å². The molecule has 22 heteroatoms. The van der Waals surface area contributed by atoms with E-state index in [1.165, 1.54) is 0 Å². The molecule has 0 amide bonds. The molecule has 1 aromatic carbocycles. The van der Waals surface area contributed by atoms with Gasteiger partial charge in [0, 0.05) is 0 Å². The van der Waals surface area contributed by atoms with Crippen molar-refractivity contribution in [1.82, 2.24) is 0 Å². The smallest absolute Gasteiger partial charge is 0.471 e. The highest BCUT2D eigenvalue weighted by atomic mass is 31.2. The summed E-state index contributed by atoms with van der Waals surface area (Å²) in [6.07, 6.45) is -15.2. The molecule has 1 aromatic rings. The summed E-state index contributed by atoms with van der Waals surface area (Å²) in [7, 11) is -5.05. The van der Waals surface area contributed by atoms with Gasteiger partial charge in [0.15, 0.2) is 0 Å². The zero-order valence-electron chi connectivity index (χ0n) is 17.1. The summed E-state index contributed by atoms with van der Waals surface area (Å²) in [6.45, 7) is 0. The van der Waals surface area contributed by atoms with Crippen molar-refractivity contribution in [2.75, 3.05) is 0 Å². The Balaban J connectivity index is 3.50. The van der Waals surface area contributed by atoms with Gasteiger partial charge < -0.3 is 14.5 Å². The molecule has 0 aliphatic carbocycles. The molecular formula is C16H7F17O4P-. The lowest BCUT2D eigenvalue weighted by Crippen LogP contribution is -2.71. The van der Waals surface area contributed by atoms with Gasteiger partial charge in [0.25, 0.3) is 0 Å². The van der Waals surface area contributed by atoms with E-state index in [0.29, 0.717) is 12.1 Å². The number of alkyl halides is 15. The van der Waals surface area contributed by atoms with E-state index in [1.807, 2.05) is 0 Å². The highest BCUT2D eigenvalue weighted by Crippen LogP contribution is 2.61. The molecule has 0 radical (unpaired) electrons. The van der Waals surface area contributed by atoms with Crippen molar-refractivity contribution < 1.29 is 94.1 Å². The standard InChI is InChI=1S/C16H8F17O4P/c17-8(9(18)11(21,22)23)10(19,20)12(24,25)13(26,27)14(28,29)15(30,31)16(32,33)37-7-3-1-6(2-4-7)5-38(34,35)36/h1-4H,5H2,(H2,34,35,36)/p-1/b9-8+. The maximum Gasteiger partial charge on any atom is 0.471 e. The fraction of sp³-hybridized carbons (Fsp3) is 0.500. The first-order valence-electron chi connectivity index (χ1n) is 8.68. The quantitative estimate of drug-likeness (QED) is 0.277. The molecule has 0 heterocycles. The molecule has 4 nitrogen and oxygen atoms in total. The fourth-order valence-electron chi connectivity index (χ4n) is 2.28. The van der Waals surface area contributed by atoms with Gasteiger partial charge in [0.1, 0.15) is 11.9 Å². The largest absolute Gasteiger partial charge is 0.659 e. The molecule has 0 bridgehead atoms. The molecule has 0 saturated carbocycles. The minimum atomic E-state index is -8.54. The summed E-state index contributed by atoms with van der Waals surface area (Å²) < 4.78 is 228. The molecule has 0 aliphatic heterocycles. The average molecular weight is 617 g/mol. The predicted molar refractivity (Wildman–Crippen MR) is 84.9 cm³/mol.